The molecule has 1 aromatic heterocycles. The van der Waals surface area contributed by atoms with Crippen LogP contribution in [-0.2, 0) is 58.2 Å². The van der Waals surface area contributed by atoms with Gasteiger partial charge in [-0.2, -0.15) is 0 Å². The van der Waals surface area contributed by atoms with E-state index in [-0.39, 0.29) is 56.1 Å². The van der Waals surface area contributed by atoms with Gasteiger partial charge in [0, 0.05) is 73.3 Å². The molecule has 9 N–H and O–H groups in total. The quantitative estimate of drug-likeness (QED) is 0.0491. The van der Waals surface area contributed by atoms with E-state index < -0.39 is 65.7 Å². The third kappa shape index (κ3) is 11.4. The number of hydrogen-bond donors (Lipinski definition) is 9. The highest BCUT2D eigenvalue weighted by Crippen LogP contribution is 2.69. The third-order valence-corrected chi connectivity index (χ3v) is 17.9. The van der Waals surface area contributed by atoms with Crippen LogP contribution in [-0.4, -0.2) is 149 Å². The number of anilines is 2. The average molecular weight is 1150 g/mol. The molecule has 1 saturated carbocycles. The number of aromatic nitrogens is 1. The van der Waals surface area contributed by atoms with Crippen molar-refractivity contribution in [2.75, 3.05) is 76.6 Å². The van der Waals surface area contributed by atoms with Gasteiger partial charge in [0.1, 0.15) is 0 Å². The number of aromatic amines is 1. The SMILES string of the molecule is CN(C(=O)Cc1ccc(Cl)c(Cl)c1)[C@H](CN1CCCC1)c1cccc(NC(=O)CNC(=O)CNC(=O)CCC(=O)NCC(=O)NCC(=O)Nc2ccc3c4c([nH]c3c2)[C@@H]2Oc3c(O)ccc5c3[C@@]23CCN(CC2CC2)[C@H](C5)[C@]3(O)C4)c1. The van der Waals surface area contributed by atoms with Gasteiger partial charge < -0.3 is 61.6 Å². The molecule has 5 aromatic rings. The number of fused-ring (bicyclic) bond motifs is 4. The highest BCUT2D eigenvalue weighted by Gasteiger charge is 2.73. The van der Waals surface area contributed by atoms with Gasteiger partial charge in [-0.3, -0.25) is 38.5 Å². The summed E-state index contributed by atoms with van der Waals surface area (Å²) in [6, 6.07) is 21.0. The second kappa shape index (κ2) is 23.0. The highest BCUT2D eigenvalue weighted by atomic mass is 35.5. The molecular weight excluding hydrogens is 1080 g/mol. The monoisotopic (exact) mass is 1140 g/mol. The normalized spacial score (nSPS) is 21.7. The predicted molar refractivity (Wildman–Crippen MR) is 303 cm³/mol. The van der Waals surface area contributed by atoms with Gasteiger partial charge in [0.05, 0.1) is 65.4 Å². The Labute approximate surface area is 478 Å². The largest absolute Gasteiger partial charge is 0.504 e. The van der Waals surface area contributed by atoms with E-state index in [9.17, 15) is 43.8 Å². The fraction of sp³-hybridized carbons (Fsp3) is 0.441. The maximum Gasteiger partial charge on any atom is 0.243 e. The van der Waals surface area contributed by atoms with E-state index in [0.29, 0.717) is 58.9 Å². The Kier molecular flexibility index (Phi) is 15.8. The van der Waals surface area contributed by atoms with E-state index in [1.54, 1.807) is 66.5 Å². The predicted octanol–water partition coefficient (Wildman–Crippen LogP) is 4.54. The highest BCUT2D eigenvalue weighted by molar-refractivity contribution is 6.42. The van der Waals surface area contributed by atoms with E-state index in [2.05, 4.69) is 46.7 Å². The van der Waals surface area contributed by atoms with Crippen molar-refractivity contribution in [2.24, 2.45) is 5.92 Å². The van der Waals surface area contributed by atoms with Crippen molar-refractivity contribution >= 4 is 86.8 Å². The van der Waals surface area contributed by atoms with Gasteiger partial charge in [-0.15, -0.1) is 0 Å². The summed E-state index contributed by atoms with van der Waals surface area (Å²) in [6.45, 7) is 2.56. The van der Waals surface area contributed by atoms with Crippen LogP contribution in [0.4, 0.5) is 11.4 Å². The number of aliphatic hydroxyl groups is 1. The van der Waals surface area contributed by atoms with Crippen molar-refractivity contribution in [1.82, 2.24) is 41.0 Å². The Bertz CT molecular complexity index is 3350. The maximum atomic E-state index is 13.6. The summed E-state index contributed by atoms with van der Waals surface area (Å²) < 4.78 is 6.70. The van der Waals surface area contributed by atoms with E-state index in [1.807, 2.05) is 18.2 Å². The molecule has 4 aromatic carbocycles. The standard InChI is InChI=1S/C59H66Cl2N10O10/c1-69(53(79)22-34-9-13-41(60)42(61)21-34)44(32-70-18-2-3-19-70)35-5-4-6-37(23-35)66-51(77)29-64-49(75)27-62-47(73)15-16-48(74)63-28-50(76)65-30-52(78)67-38-11-12-39-40-26-59(80)46-24-36-10-14-45(72)56-54(36)58(59,17-20-71(46)31-33-7-8-33)57(81-56)55(40)68-43(39)25-38/h4-6,9-14,21,23,25,33,44,46,57,68,72,80H,2-3,7-8,15-20,22,24,26-32H2,1H3,(H,62,73)(H,63,74)(H,64,75)(H,65,76)(H,66,77)(H,67,78)/t44-,46-,57+,58+,59-/m1/s1. The lowest BCUT2D eigenvalue weighted by atomic mass is 9.49. The van der Waals surface area contributed by atoms with Crippen molar-refractivity contribution in [3.05, 3.63) is 116 Å². The first-order valence-electron chi connectivity index (χ1n) is 27.8. The zero-order valence-corrected chi connectivity index (χ0v) is 46.4. The van der Waals surface area contributed by atoms with Crippen LogP contribution in [0.2, 0.25) is 10.0 Å². The summed E-state index contributed by atoms with van der Waals surface area (Å²) in [4.78, 5) is 99.8. The molecule has 3 fully saturated rings. The number of aromatic hydroxyl groups is 1. The molecule has 20 nitrogen and oxygen atoms in total. The number of likely N-dealkylation sites (tertiary alicyclic amines) is 2. The number of hydrogen-bond acceptors (Lipinski definition) is 12. The summed E-state index contributed by atoms with van der Waals surface area (Å²) in [5.41, 5.74) is 5.20. The Balaban J connectivity index is 0.597. The minimum atomic E-state index is -1.14. The molecule has 2 bridgehead atoms. The van der Waals surface area contributed by atoms with Crippen LogP contribution in [0.5, 0.6) is 11.5 Å². The van der Waals surface area contributed by atoms with Gasteiger partial charge >= 0.3 is 0 Å². The Morgan fingerprint density at radius 3 is 2.12 bits per heavy atom. The van der Waals surface area contributed by atoms with Crippen molar-refractivity contribution in [3.63, 3.8) is 0 Å². The number of halogens is 2. The Hall–Kier alpha value is -7.23. The lowest BCUT2D eigenvalue weighted by Gasteiger charge is -2.62. The summed E-state index contributed by atoms with van der Waals surface area (Å²) in [5.74, 6) is -2.43. The number of nitrogens with zero attached hydrogens (tertiary/aromatic N) is 3. The number of ether oxygens (including phenoxy) is 1. The summed E-state index contributed by atoms with van der Waals surface area (Å²) in [7, 11) is 1.76. The Morgan fingerprint density at radius 2 is 1.44 bits per heavy atom. The summed E-state index contributed by atoms with van der Waals surface area (Å²) >= 11 is 12.3. The van der Waals surface area contributed by atoms with Crippen LogP contribution < -0.4 is 36.6 Å². The number of likely N-dealkylation sites (N-methyl/N-ethyl adjacent to an activating group) is 1. The topological polar surface area (TPSA) is 267 Å². The summed E-state index contributed by atoms with van der Waals surface area (Å²) in [6.07, 6.45) is 5.35. The molecule has 3 aliphatic carbocycles. The van der Waals surface area contributed by atoms with Crippen molar-refractivity contribution < 1.29 is 48.5 Å². The van der Waals surface area contributed by atoms with Crippen molar-refractivity contribution in [1.29, 1.82) is 0 Å². The van der Waals surface area contributed by atoms with Gasteiger partial charge in [0.2, 0.25) is 41.4 Å². The molecule has 0 radical (unpaired) electrons. The van der Waals surface area contributed by atoms with Gasteiger partial charge in [0.15, 0.2) is 17.6 Å². The number of amides is 7. The number of nitrogens with one attached hydrogen (secondary N) is 7. The molecule has 22 heteroatoms. The molecule has 81 heavy (non-hydrogen) atoms. The van der Waals surface area contributed by atoms with E-state index in [0.717, 1.165) is 83.4 Å². The maximum absolute atomic E-state index is 13.6. The molecule has 2 saturated heterocycles. The molecule has 426 valence electrons. The fourth-order valence-electron chi connectivity index (χ4n) is 13.0. The molecule has 6 aliphatic rings. The lowest BCUT2D eigenvalue weighted by Crippen LogP contribution is -2.74. The number of piperidine rings is 1. The van der Waals surface area contributed by atoms with Crippen LogP contribution in [0.3, 0.4) is 0 Å². The number of benzene rings is 4. The average Bonchev–Trinajstić information content (AvgIpc) is 3.97. The van der Waals surface area contributed by atoms with E-state index >= 15 is 0 Å². The minimum Gasteiger partial charge on any atom is -0.504 e. The number of H-pyrrole nitrogens is 1. The second-order valence-corrected chi connectivity index (χ2v) is 23.3. The van der Waals surface area contributed by atoms with Crippen LogP contribution in [0.25, 0.3) is 10.9 Å². The first-order valence-corrected chi connectivity index (χ1v) is 28.5. The second-order valence-electron chi connectivity index (χ2n) is 22.5. The molecule has 3 aliphatic heterocycles. The number of rotatable bonds is 21. The van der Waals surface area contributed by atoms with Crippen molar-refractivity contribution in [3.8, 4) is 11.5 Å². The molecule has 7 amide bonds. The number of carbonyl (C=O) groups excluding carboxylic acids is 7. The van der Waals surface area contributed by atoms with Crippen LogP contribution in [0.15, 0.2) is 72.8 Å². The Morgan fingerprint density at radius 1 is 0.778 bits per heavy atom. The van der Waals surface area contributed by atoms with Crippen LogP contribution >= 0.6 is 23.2 Å². The van der Waals surface area contributed by atoms with E-state index in [4.69, 9.17) is 27.9 Å². The number of phenols is 1. The van der Waals surface area contributed by atoms with Crippen LogP contribution in [0, 0.1) is 5.92 Å². The van der Waals surface area contributed by atoms with E-state index in [1.165, 1.54) is 12.8 Å². The first-order chi connectivity index (χ1) is 39.0. The molecule has 1 spiro atoms. The van der Waals surface area contributed by atoms with Crippen molar-refractivity contribution in [2.45, 2.75) is 93.4 Å². The zero-order valence-electron chi connectivity index (χ0n) is 44.9. The zero-order chi connectivity index (χ0) is 56.7. The fourth-order valence-corrected chi connectivity index (χ4v) is 13.3. The van der Waals surface area contributed by atoms with Crippen LogP contribution in [0.1, 0.15) is 90.6 Å². The number of phenolic OH excluding ortho intramolecular Hbond substituents is 1. The molecule has 11 rings (SSSR count). The summed E-state index contributed by atoms with van der Waals surface area (Å²) in [5, 5.41) is 41.2. The first kappa shape index (κ1) is 55.7. The molecular formula is C59H66Cl2N10O10. The van der Waals surface area contributed by atoms with Gasteiger partial charge in [-0.05, 0) is 129 Å². The van der Waals surface area contributed by atoms with Gasteiger partial charge in [0.25, 0.3) is 0 Å². The smallest absolute Gasteiger partial charge is 0.243 e. The lowest BCUT2D eigenvalue weighted by molar-refractivity contribution is -0.173. The molecule has 4 heterocycles. The number of carbonyl (C=O) groups is 7. The molecule has 0 unspecified atom stereocenters. The van der Waals surface area contributed by atoms with Gasteiger partial charge in [-0.25, -0.2) is 0 Å². The third-order valence-electron chi connectivity index (χ3n) is 17.2. The minimum absolute atomic E-state index is 0.0666. The van der Waals surface area contributed by atoms with Gasteiger partial charge in [-0.1, -0.05) is 53.5 Å². The molecule has 5 atom stereocenters.